The number of aromatic amines is 1. The van der Waals surface area contributed by atoms with Crippen molar-refractivity contribution in [1.82, 2.24) is 4.98 Å². The molecular weight excluding hydrogens is 269 g/mol. The van der Waals surface area contributed by atoms with Crippen LogP contribution in [0.3, 0.4) is 0 Å². The Morgan fingerprint density at radius 3 is 2.71 bits per heavy atom. The molecule has 0 bridgehead atoms. The Bertz CT molecular complexity index is 807. The molecule has 0 saturated carbocycles. The molecule has 106 valence electrons. The first-order valence-electron chi connectivity index (χ1n) is 6.74. The van der Waals surface area contributed by atoms with Gasteiger partial charge in [-0.05, 0) is 29.3 Å². The second kappa shape index (κ2) is 5.40. The van der Waals surface area contributed by atoms with E-state index in [1.165, 1.54) is 6.20 Å². The second-order valence-electron chi connectivity index (χ2n) is 4.67. The number of fused-ring (bicyclic) bond motifs is 1. The number of hydrogen-bond donors (Lipinski definition) is 1. The number of esters is 1. The first-order chi connectivity index (χ1) is 10.2. The molecule has 0 aliphatic heterocycles. The van der Waals surface area contributed by atoms with Gasteiger partial charge in [0, 0.05) is 6.20 Å². The van der Waals surface area contributed by atoms with Crippen molar-refractivity contribution in [3.8, 4) is 11.3 Å². The number of H-pyrrole nitrogens is 1. The van der Waals surface area contributed by atoms with E-state index in [-0.39, 0.29) is 12.2 Å². The highest BCUT2D eigenvalue weighted by molar-refractivity contribution is 5.98. The Balaban J connectivity index is 2.12. The van der Waals surface area contributed by atoms with Crippen LogP contribution in [0.1, 0.15) is 17.3 Å². The Morgan fingerprint density at radius 2 is 1.95 bits per heavy atom. The van der Waals surface area contributed by atoms with Crippen molar-refractivity contribution in [1.29, 1.82) is 0 Å². The largest absolute Gasteiger partial charge is 0.462 e. The van der Waals surface area contributed by atoms with E-state index in [1.54, 1.807) is 6.92 Å². The van der Waals surface area contributed by atoms with Gasteiger partial charge in [-0.15, -0.1) is 0 Å². The molecule has 0 unspecified atom stereocenters. The van der Waals surface area contributed by atoms with Crippen molar-refractivity contribution in [3.63, 3.8) is 0 Å². The highest BCUT2D eigenvalue weighted by Gasteiger charge is 2.21. The average Bonchev–Trinajstić information content (AvgIpc) is 2.89. The fraction of sp³-hybridized carbons (Fsp3) is 0.118. The molecule has 1 heterocycles. The highest BCUT2D eigenvalue weighted by Crippen LogP contribution is 2.28. The van der Waals surface area contributed by atoms with E-state index in [1.807, 2.05) is 42.5 Å². The van der Waals surface area contributed by atoms with Crippen LogP contribution in [0.25, 0.3) is 22.0 Å². The van der Waals surface area contributed by atoms with E-state index in [2.05, 4.69) is 4.98 Å². The maximum absolute atomic E-state index is 13.9. The Morgan fingerprint density at radius 1 is 1.19 bits per heavy atom. The summed E-state index contributed by atoms with van der Waals surface area (Å²) in [6, 6.07) is 13.6. The molecule has 3 rings (SSSR count). The summed E-state index contributed by atoms with van der Waals surface area (Å²) in [4.78, 5) is 14.7. The summed E-state index contributed by atoms with van der Waals surface area (Å²) in [5.41, 5.74) is 1.14. The van der Waals surface area contributed by atoms with Crippen LogP contribution in [0.4, 0.5) is 4.39 Å². The van der Waals surface area contributed by atoms with Crippen LogP contribution < -0.4 is 0 Å². The Hall–Kier alpha value is -2.62. The van der Waals surface area contributed by atoms with Gasteiger partial charge in [0.25, 0.3) is 0 Å². The summed E-state index contributed by atoms with van der Waals surface area (Å²) in [5, 5.41) is 2.12. The van der Waals surface area contributed by atoms with Crippen LogP contribution in [0.2, 0.25) is 0 Å². The molecule has 0 aliphatic carbocycles. The van der Waals surface area contributed by atoms with E-state index >= 15 is 0 Å². The topological polar surface area (TPSA) is 42.1 Å². The smallest absolute Gasteiger partial charge is 0.343 e. The molecule has 2 aromatic carbocycles. The predicted molar refractivity (Wildman–Crippen MR) is 79.6 cm³/mol. The summed E-state index contributed by atoms with van der Waals surface area (Å²) >= 11 is 0. The normalized spacial score (nSPS) is 10.8. The lowest BCUT2D eigenvalue weighted by Crippen LogP contribution is -2.07. The fourth-order valence-electron chi connectivity index (χ4n) is 2.37. The zero-order valence-corrected chi connectivity index (χ0v) is 11.5. The van der Waals surface area contributed by atoms with Crippen molar-refractivity contribution < 1.29 is 13.9 Å². The molecule has 0 radical (unpaired) electrons. The highest BCUT2D eigenvalue weighted by atomic mass is 19.1. The zero-order valence-electron chi connectivity index (χ0n) is 11.5. The van der Waals surface area contributed by atoms with Gasteiger partial charge < -0.3 is 9.72 Å². The lowest BCUT2D eigenvalue weighted by atomic mass is 10.0. The standard InChI is InChI=1S/C17H14FNO2/c1-2-21-17(20)15-14(18)10-19-16(15)13-8-7-11-5-3-4-6-12(11)9-13/h3-10,19H,2H2,1H3. The van der Waals surface area contributed by atoms with Crippen molar-refractivity contribution in [2.24, 2.45) is 0 Å². The molecule has 0 fully saturated rings. The van der Waals surface area contributed by atoms with Gasteiger partial charge in [-0.25, -0.2) is 9.18 Å². The van der Waals surface area contributed by atoms with Gasteiger partial charge in [0.15, 0.2) is 5.82 Å². The number of nitrogens with one attached hydrogen (secondary N) is 1. The minimum Gasteiger partial charge on any atom is -0.462 e. The molecule has 0 aliphatic rings. The second-order valence-corrected chi connectivity index (χ2v) is 4.67. The molecule has 0 amide bonds. The molecule has 3 nitrogen and oxygen atoms in total. The van der Waals surface area contributed by atoms with Gasteiger partial charge in [0.2, 0.25) is 0 Å². The van der Waals surface area contributed by atoms with Gasteiger partial charge in [0.05, 0.1) is 12.3 Å². The quantitative estimate of drug-likeness (QED) is 0.734. The van der Waals surface area contributed by atoms with Gasteiger partial charge in [-0.1, -0.05) is 36.4 Å². The molecule has 0 spiro atoms. The third-order valence-electron chi connectivity index (χ3n) is 3.35. The zero-order chi connectivity index (χ0) is 14.8. The Labute approximate surface area is 121 Å². The number of rotatable bonds is 3. The van der Waals surface area contributed by atoms with Crippen LogP contribution >= 0.6 is 0 Å². The lowest BCUT2D eigenvalue weighted by Gasteiger charge is -2.06. The summed E-state index contributed by atoms with van der Waals surface area (Å²) < 4.78 is 18.8. The van der Waals surface area contributed by atoms with Gasteiger partial charge >= 0.3 is 5.97 Å². The molecule has 0 saturated heterocycles. The third-order valence-corrected chi connectivity index (χ3v) is 3.35. The lowest BCUT2D eigenvalue weighted by molar-refractivity contribution is 0.0522. The first kappa shape index (κ1) is 13.4. The number of hydrogen-bond acceptors (Lipinski definition) is 2. The van der Waals surface area contributed by atoms with Crippen molar-refractivity contribution in [2.45, 2.75) is 6.92 Å². The SMILES string of the molecule is CCOC(=O)c1c(F)c[nH]c1-c1ccc2ccccc2c1. The van der Waals surface area contributed by atoms with Gasteiger partial charge in [-0.2, -0.15) is 0 Å². The van der Waals surface area contributed by atoms with Crippen LogP contribution in [-0.4, -0.2) is 17.6 Å². The number of benzene rings is 2. The van der Waals surface area contributed by atoms with Gasteiger partial charge in [-0.3, -0.25) is 0 Å². The molecule has 1 N–H and O–H groups in total. The van der Waals surface area contributed by atoms with E-state index in [0.29, 0.717) is 5.69 Å². The van der Waals surface area contributed by atoms with Crippen molar-refractivity contribution in [2.75, 3.05) is 6.61 Å². The fourth-order valence-corrected chi connectivity index (χ4v) is 2.37. The van der Waals surface area contributed by atoms with Crippen LogP contribution in [0, 0.1) is 5.82 Å². The van der Waals surface area contributed by atoms with Crippen LogP contribution in [0.15, 0.2) is 48.7 Å². The van der Waals surface area contributed by atoms with E-state index in [9.17, 15) is 9.18 Å². The minimum absolute atomic E-state index is 0.0490. The van der Waals surface area contributed by atoms with Crippen LogP contribution in [0.5, 0.6) is 0 Å². The molecule has 0 atom stereocenters. The van der Waals surface area contributed by atoms with Crippen LogP contribution in [-0.2, 0) is 4.74 Å². The summed E-state index contributed by atoms with van der Waals surface area (Å²) in [7, 11) is 0. The number of carbonyl (C=O) groups excluding carboxylic acids is 1. The third kappa shape index (κ3) is 2.40. The van der Waals surface area contributed by atoms with Crippen molar-refractivity contribution in [3.05, 3.63) is 60.0 Å². The summed E-state index contributed by atoms with van der Waals surface area (Å²) in [5.74, 6) is -1.25. The number of aromatic nitrogens is 1. The van der Waals surface area contributed by atoms with E-state index < -0.39 is 11.8 Å². The molecule has 4 heteroatoms. The van der Waals surface area contributed by atoms with Gasteiger partial charge in [0.1, 0.15) is 5.56 Å². The predicted octanol–water partition coefficient (Wildman–Crippen LogP) is 4.15. The van der Waals surface area contributed by atoms with E-state index in [4.69, 9.17) is 4.74 Å². The van der Waals surface area contributed by atoms with E-state index in [0.717, 1.165) is 16.3 Å². The summed E-state index contributed by atoms with van der Waals surface area (Å²) in [6.07, 6.45) is 1.18. The minimum atomic E-state index is -0.653. The molecule has 21 heavy (non-hydrogen) atoms. The average molecular weight is 283 g/mol. The molecule has 1 aromatic heterocycles. The molecular formula is C17H14FNO2. The van der Waals surface area contributed by atoms with Crippen molar-refractivity contribution >= 4 is 16.7 Å². The monoisotopic (exact) mass is 283 g/mol. The number of halogens is 1. The maximum atomic E-state index is 13.9. The number of carbonyl (C=O) groups is 1. The molecule has 3 aromatic rings. The maximum Gasteiger partial charge on any atom is 0.343 e. The first-order valence-corrected chi connectivity index (χ1v) is 6.74. The Kier molecular flexibility index (Phi) is 3.44. The number of ether oxygens (including phenoxy) is 1. The summed E-state index contributed by atoms with van der Waals surface area (Å²) in [6.45, 7) is 1.90.